The van der Waals surface area contributed by atoms with Crippen LogP contribution >= 0.6 is 11.6 Å². The van der Waals surface area contributed by atoms with Crippen LogP contribution in [-0.2, 0) is 17.9 Å². The molecule has 0 unspecified atom stereocenters. The fraction of sp³-hybridized carbons (Fsp3) is 0.182. The molecule has 0 bridgehead atoms. The van der Waals surface area contributed by atoms with Gasteiger partial charge in [-0.15, -0.1) is 13.2 Å². The van der Waals surface area contributed by atoms with E-state index in [1.807, 2.05) is 41.0 Å². The highest BCUT2D eigenvalue weighted by molar-refractivity contribution is 6.32. The zero-order valence-corrected chi connectivity index (χ0v) is 16.3. The summed E-state index contributed by atoms with van der Waals surface area (Å²) < 4.78 is 7.74. The molecule has 6 heteroatoms. The Kier molecular flexibility index (Phi) is 6.50. The summed E-state index contributed by atoms with van der Waals surface area (Å²) in [4.78, 5) is 19.2. The number of imidazole rings is 1. The van der Waals surface area contributed by atoms with Gasteiger partial charge in [-0.3, -0.25) is 4.79 Å². The molecule has 3 rings (SSSR count). The maximum absolute atomic E-state index is 12.8. The number of ether oxygens (including phenoxy) is 1. The van der Waals surface area contributed by atoms with Crippen LogP contribution in [0.1, 0.15) is 5.82 Å². The highest BCUT2D eigenvalue weighted by Crippen LogP contribution is 2.25. The van der Waals surface area contributed by atoms with Crippen molar-refractivity contribution in [3.8, 4) is 5.75 Å². The Morgan fingerprint density at radius 3 is 2.50 bits per heavy atom. The summed E-state index contributed by atoms with van der Waals surface area (Å²) in [6.45, 7) is 8.72. The number of aromatic nitrogens is 2. The molecular formula is C22H22ClN3O2. The van der Waals surface area contributed by atoms with Gasteiger partial charge in [0.2, 0.25) is 5.91 Å². The Balaban J connectivity index is 1.88. The maximum Gasteiger partial charge on any atom is 0.243 e. The Hall–Kier alpha value is -3.05. The number of amides is 1. The Labute approximate surface area is 169 Å². The Bertz CT molecular complexity index is 986. The molecule has 0 N–H and O–H groups in total. The van der Waals surface area contributed by atoms with E-state index in [0.29, 0.717) is 29.7 Å². The van der Waals surface area contributed by atoms with Gasteiger partial charge >= 0.3 is 0 Å². The fourth-order valence-electron chi connectivity index (χ4n) is 2.94. The lowest BCUT2D eigenvalue weighted by atomic mass is 10.3. The van der Waals surface area contributed by atoms with Crippen LogP contribution < -0.4 is 4.74 Å². The number of rotatable bonds is 9. The molecule has 0 saturated heterocycles. The lowest BCUT2D eigenvalue weighted by Crippen LogP contribution is -2.34. The molecule has 0 atom stereocenters. The first-order chi connectivity index (χ1) is 13.6. The first-order valence-corrected chi connectivity index (χ1v) is 9.33. The molecule has 144 valence electrons. The first kappa shape index (κ1) is 19.7. The van der Waals surface area contributed by atoms with Crippen molar-refractivity contribution < 1.29 is 9.53 Å². The van der Waals surface area contributed by atoms with E-state index in [9.17, 15) is 4.79 Å². The molecule has 3 aromatic rings. The second-order valence-electron chi connectivity index (χ2n) is 6.20. The summed E-state index contributed by atoms with van der Waals surface area (Å²) >= 11 is 6.17. The molecule has 0 spiro atoms. The van der Waals surface area contributed by atoms with Gasteiger partial charge in [-0.25, -0.2) is 4.98 Å². The third kappa shape index (κ3) is 4.43. The molecule has 0 radical (unpaired) electrons. The van der Waals surface area contributed by atoms with Crippen LogP contribution in [0.3, 0.4) is 0 Å². The van der Waals surface area contributed by atoms with Crippen LogP contribution in [0.2, 0.25) is 5.02 Å². The summed E-state index contributed by atoms with van der Waals surface area (Å²) in [5, 5.41) is 0.532. The summed E-state index contributed by atoms with van der Waals surface area (Å²) in [6.07, 6.45) is 3.41. The molecule has 2 aromatic carbocycles. The minimum atomic E-state index is -0.0399. The molecule has 0 saturated carbocycles. The molecule has 5 nitrogen and oxygen atoms in total. The van der Waals surface area contributed by atoms with E-state index in [4.69, 9.17) is 16.3 Å². The second-order valence-corrected chi connectivity index (χ2v) is 6.61. The van der Waals surface area contributed by atoms with E-state index in [1.54, 1.807) is 29.2 Å². The first-order valence-electron chi connectivity index (χ1n) is 8.95. The number of para-hydroxylation sites is 3. The number of benzene rings is 2. The molecule has 0 aliphatic rings. The van der Waals surface area contributed by atoms with Crippen LogP contribution in [0.5, 0.6) is 5.75 Å². The predicted molar refractivity (Wildman–Crippen MR) is 112 cm³/mol. The smallest absolute Gasteiger partial charge is 0.243 e. The fourth-order valence-corrected chi connectivity index (χ4v) is 3.13. The molecule has 0 aliphatic heterocycles. The van der Waals surface area contributed by atoms with Crippen molar-refractivity contribution in [3.05, 3.63) is 84.7 Å². The molecule has 1 amide bonds. The van der Waals surface area contributed by atoms with Gasteiger partial charge in [-0.05, 0) is 24.3 Å². The van der Waals surface area contributed by atoms with Crippen LogP contribution in [0.25, 0.3) is 11.0 Å². The van der Waals surface area contributed by atoms with Crippen molar-refractivity contribution >= 4 is 28.5 Å². The summed E-state index contributed by atoms with van der Waals surface area (Å²) in [6, 6.07) is 15.0. The number of hydrogen-bond donors (Lipinski definition) is 0. The van der Waals surface area contributed by atoms with E-state index in [0.717, 1.165) is 11.0 Å². The quantitative estimate of drug-likeness (QED) is 0.502. The van der Waals surface area contributed by atoms with Gasteiger partial charge in [0.05, 0.1) is 16.1 Å². The molecule has 1 heterocycles. The minimum Gasteiger partial charge on any atom is -0.484 e. The van der Waals surface area contributed by atoms with Crippen LogP contribution in [-0.4, -0.2) is 33.4 Å². The highest BCUT2D eigenvalue weighted by atomic mass is 35.5. The summed E-state index contributed by atoms with van der Waals surface area (Å²) in [5.74, 6) is 1.20. The zero-order chi connectivity index (χ0) is 19.9. The highest BCUT2D eigenvalue weighted by Gasteiger charge is 2.17. The van der Waals surface area contributed by atoms with Gasteiger partial charge in [0.25, 0.3) is 0 Å². The normalized spacial score (nSPS) is 10.6. The van der Waals surface area contributed by atoms with Crippen molar-refractivity contribution in [1.82, 2.24) is 14.5 Å². The van der Waals surface area contributed by atoms with Gasteiger partial charge in [-0.1, -0.05) is 48.0 Å². The number of hydrogen-bond acceptors (Lipinski definition) is 3. The lowest BCUT2D eigenvalue weighted by Gasteiger charge is -2.20. The SMILES string of the molecule is C=CCN(CC=C)C(=O)Cn1c(COc2ccccc2Cl)nc2ccccc21. The van der Waals surface area contributed by atoms with E-state index in [-0.39, 0.29) is 19.1 Å². The van der Waals surface area contributed by atoms with E-state index < -0.39 is 0 Å². The van der Waals surface area contributed by atoms with E-state index >= 15 is 0 Å². The predicted octanol–water partition coefficient (Wildman–Crippen LogP) is 4.47. The van der Waals surface area contributed by atoms with Crippen molar-refractivity contribution in [1.29, 1.82) is 0 Å². The topological polar surface area (TPSA) is 47.4 Å². The average Bonchev–Trinajstić information content (AvgIpc) is 3.04. The number of nitrogens with zero attached hydrogens (tertiary/aromatic N) is 3. The molecule has 28 heavy (non-hydrogen) atoms. The number of fused-ring (bicyclic) bond motifs is 1. The van der Waals surface area contributed by atoms with E-state index in [2.05, 4.69) is 18.1 Å². The van der Waals surface area contributed by atoms with Crippen LogP contribution in [0.4, 0.5) is 0 Å². The van der Waals surface area contributed by atoms with Crippen LogP contribution in [0, 0.1) is 0 Å². The van der Waals surface area contributed by atoms with Gasteiger partial charge < -0.3 is 14.2 Å². The van der Waals surface area contributed by atoms with Gasteiger partial charge in [0.1, 0.15) is 24.7 Å². The van der Waals surface area contributed by atoms with Gasteiger partial charge in [-0.2, -0.15) is 0 Å². The molecule has 1 aromatic heterocycles. The summed E-state index contributed by atoms with van der Waals surface area (Å²) in [5.41, 5.74) is 1.69. The van der Waals surface area contributed by atoms with Crippen molar-refractivity contribution in [2.45, 2.75) is 13.2 Å². The Morgan fingerprint density at radius 2 is 1.79 bits per heavy atom. The van der Waals surface area contributed by atoms with Crippen molar-refractivity contribution in [2.75, 3.05) is 13.1 Å². The second kappa shape index (κ2) is 9.24. The van der Waals surface area contributed by atoms with E-state index in [1.165, 1.54) is 0 Å². The standard InChI is InChI=1S/C22H22ClN3O2/c1-3-13-25(14-4-2)22(27)15-26-19-11-7-6-10-18(19)24-21(26)16-28-20-12-8-5-9-17(20)23/h3-12H,1-2,13-16H2. The zero-order valence-electron chi connectivity index (χ0n) is 15.6. The van der Waals surface area contributed by atoms with Gasteiger partial charge in [0.15, 0.2) is 0 Å². The van der Waals surface area contributed by atoms with Crippen molar-refractivity contribution in [2.24, 2.45) is 0 Å². The third-order valence-corrected chi connectivity index (χ3v) is 4.58. The molecule has 0 aliphatic carbocycles. The van der Waals surface area contributed by atoms with Gasteiger partial charge in [0, 0.05) is 13.1 Å². The largest absolute Gasteiger partial charge is 0.484 e. The summed E-state index contributed by atoms with van der Waals surface area (Å²) in [7, 11) is 0. The third-order valence-electron chi connectivity index (χ3n) is 4.27. The maximum atomic E-state index is 12.8. The molecular weight excluding hydrogens is 374 g/mol. The van der Waals surface area contributed by atoms with Crippen molar-refractivity contribution in [3.63, 3.8) is 0 Å². The monoisotopic (exact) mass is 395 g/mol. The number of carbonyl (C=O) groups excluding carboxylic acids is 1. The average molecular weight is 396 g/mol. The molecule has 0 fully saturated rings. The number of carbonyl (C=O) groups is 1. The van der Waals surface area contributed by atoms with Crippen LogP contribution in [0.15, 0.2) is 73.8 Å². The minimum absolute atomic E-state index is 0.0399. The number of halogens is 1. The lowest BCUT2D eigenvalue weighted by molar-refractivity contribution is -0.130. The Morgan fingerprint density at radius 1 is 1.11 bits per heavy atom.